The van der Waals surface area contributed by atoms with Gasteiger partial charge in [-0.05, 0) is 11.8 Å². The lowest BCUT2D eigenvalue weighted by molar-refractivity contribution is 0.0875. The molecule has 1 aromatic heterocycles. The van der Waals surface area contributed by atoms with Gasteiger partial charge in [0, 0.05) is 18.6 Å². The molecule has 1 atom stereocenters. The van der Waals surface area contributed by atoms with Crippen LogP contribution in [0.1, 0.15) is 63.4 Å². The molecule has 1 rings (SSSR count). The number of amides is 1. The van der Waals surface area contributed by atoms with Gasteiger partial charge in [-0.3, -0.25) is 9.89 Å². The average molecular weight is 268 g/mol. The number of nitrogens with zero attached hydrogens (tertiary/aromatic N) is 2. The third-order valence-electron chi connectivity index (χ3n) is 3.02. The summed E-state index contributed by atoms with van der Waals surface area (Å²) in [6.45, 7) is 10.0. The van der Waals surface area contributed by atoms with Crippen LogP contribution in [0.25, 0.3) is 0 Å². The van der Waals surface area contributed by atoms with Gasteiger partial charge in [0.25, 0.3) is 5.91 Å². The van der Waals surface area contributed by atoms with Crippen molar-refractivity contribution in [2.45, 2.75) is 53.0 Å². The SMILES string of the molecule is CC(C)c1nc(C(=O)NC(CCO)C(C)(C)C)n[nH]1. The smallest absolute Gasteiger partial charge is 0.291 e. The molecule has 0 aliphatic heterocycles. The largest absolute Gasteiger partial charge is 0.396 e. The summed E-state index contributed by atoms with van der Waals surface area (Å²) < 4.78 is 0. The van der Waals surface area contributed by atoms with Crippen LogP contribution in [0.4, 0.5) is 0 Å². The van der Waals surface area contributed by atoms with E-state index < -0.39 is 0 Å². The van der Waals surface area contributed by atoms with E-state index in [1.807, 2.05) is 34.6 Å². The van der Waals surface area contributed by atoms with Crippen molar-refractivity contribution in [3.05, 3.63) is 11.6 Å². The first-order valence-corrected chi connectivity index (χ1v) is 6.59. The molecule has 1 heterocycles. The standard InChI is InChI=1S/C13H24N4O2/c1-8(2)10-15-11(17-16-10)12(19)14-9(6-7-18)13(3,4)5/h8-9,18H,6-7H2,1-5H3,(H,14,19)(H,15,16,17). The van der Waals surface area contributed by atoms with Gasteiger partial charge in [0.1, 0.15) is 5.82 Å². The number of nitrogens with one attached hydrogen (secondary N) is 2. The van der Waals surface area contributed by atoms with Crippen LogP contribution in [0.5, 0.6) is 0 Å². The summed E-state index contributed by atoms with van der Waals surface area (Å²) in [5.74, 6) is 0.733. The molecule has 3 N–H and O–H groups in total. The van der Waals surface area contributed by atoms with Gasteiger partial charge in [-0.15, -0.1) is 5.10 Å². The van der Waals surface area contributed by atoms with Crippen molar-refractivity contribution in [1.82, 2.24) is 20.5 Å². The summed E-state index contributed by atoms with van der Waals surface area (Å²) in [6, 6.07) is -0.119. The van der Waals surface area contributed by atoms with Crippen LogP contribution in [0, 0.1) is 5.41 Å². The lowest BCUT2D eigenvalue weighted by Gasteiger charge is -2.30. The quantitative estimate of drug-likeness (QED) is 0.754. The fraction of sp³-hybridized carbons (Fsp3) is 0.769. The third-order valence-corrected chi connectivity index (χ3v) is 3.02. The molecule has 6 heteroatoms. The van der Waals surface area contributed by atoms with Crippen molar-refractivity contribution in [3.63, 3.8) is 0 Å². The number of hydrogen-bond acceptors (Lipinski definition) is 4. The Morgan fingerprint density at radius 1 is 1.42 bits per heavy atom. The third kappa shape index (κ3) is 4.31. The Kier molecular flexibility index (Phi) is 5.05. The first kappa shape index (κ1) is 15.6. The summed E-state index contributed by atoms with van der Waals surface area (Å²) in [5.41, 5.74) is -0.129. The van der Waals surface area contributed by atoms with Gasteiger partial charge in [0.2, 0.25) is 5.82 Å². The molecule has 1 amide bonds. The Morgan fingerprint density at radius 3 is 2.47 bits per heavy atom. The van der Waals surface area contributed by atoms with Crippen molar-refractivity contribution >= 4 is 5.91 Å². The Morgan fingerprint density at radius 2 is 2.05 bits per heavy atom. The summed E-state index contributed by atoms with van der Waals surface area (Å²) >= 11 is 0. The zero-order chi connectivity index (χ0) is 14.6. The molecule has 6 nitrogen and oxygen atoms in total. The minimum atomic E-state index is -0.309. The fourth-order valence-electron chi connectivity index (χ4n) is 1.71. The van der Waals surface area contributed by atoms with Gasteiger partial charge in [0.05, 0.1) is 0 Å². The first-order valence-electron chi connectivity index (χ1n) is 6.59. The minimum Gasteiger partial charge on any atom is -0.396 e. The van der Waals surface area contributed by atoms with E-state index >= 15 is 0 Å². The highest BCUT2D eigenvalue weighted by molar-refractivity contribution is 5.90. The molecular formula is C13H24N4O2. The van der Waals surface area contributed by atoms with Crippen molar-refractivity contribution < 1.29 is 9.90 Å². The van der Waals surface area contributed by atoms with Gasteiger partial charge < -0.3 is 10.4 Å². The topological polar surface area (TPSA) is 90.9 Å². The van der Waals surface area contributed by atoms with Crippen LogP contribution in [-0.4, -0.2) is 38.8 Å². The highest BCUT2D eigenvalue weighted by Gasteiger charge is 2.27. The number of rotatable bonds is 5. The predicted octanol–water partition coefficient (Wildman–Crippen LogP) is 1.45. The molecule has 1 unspecified atom stereocenters. The lowest BCUT2D eigenvalue weighted by Crippen LogP contribution is -2.44. The summed E-state index contributed by atoms with van der Waals surface area (Å²) in [7, 11) is 0. The summed E-state index contributed by atoms with van der Waals surface area (Å²) in [6.07, 6.45) is 0.511. The summed E-state index contributed by atoms with van der Waals surface area (Å²) in [4.78, 5) is 16.2. The second kappa shape index (κ2) is 6.14. The zero-order valence-corrected chi connectivity index (χ0v) is 12.3. The van der Waals surface area contributed by atoms with Crippen LogP contribution >= 0.6 is 0 Å². The van der Waals surface area contributed by atoms with E-state index in [1.165, 1.54) is 0 Å². The van der Waals surface area contributed by atoms with E-state index in [-0.39, 0.29) is 35.7 Å². The van der Waals surface area contributed by atoms with Crippen LogP contribution in [0.3, 0.4) is 0 Å². The monoisotopic (exact) mass is 268 g/mol. The molecule has 1 aromatic rings. The van der Waals surface area contributed by atoms with E-state index in [1.54, 1.807) is 0 Å². The van der Waals surface area contributed by atoms with E-state index in [2.05, 4.69) is 20.5 Å². The van der Waals surface area contributed by atoms with Crippen molar-refractivity contribution in [2.75, 3.05) is 6.61 Å². The number of H-pyrrole nitrogens is 1. The van der Waals surface area contributed by atoms with Gasteiger partial charge in [-0.2, -0.15) is 0 Å². The van der Waals surface area contributed by atoms with Crippen LogP contribution < -0.4 is 5.32 Å². The van der Waals surface area contributed by atoms with Crippen LogP contribution in [0.2, 0.25) is 0 Å². The zero-order valence-electron chi connectivity index (χ0n) is 12.3. The highest BCUT2D eigenvalue weighted by atomic mass is 16.3. The molecule has 0 aliphatic rings. The maximum atomic E-state index is 12.1. The molecular weight excluding hydrogens is 244 g/mol. The molecule has 0 aliphatic carbocycles. The Hall–Kier alpha value is -1.43. The van der Waals surface area contributed by atoms with Gasteiger partial charge in [-0.25, -0.2) is 4.98 Å². The maximum absolute atomic E-state index is 12.1. The number of carbonyl (C=O) groups excluding carboxylic acids is 1. The van der Waals surface area contributed by atoms with E-state index in [9.17, 15) is 4.79 Å². The number of hydrogen-bond donors (Lipinski definition) is 3. The van der Waals surface area contributed by atoms with Gasteiger partial charge >= 0.3 is 0 Å². The van der Waals surface area contributed by atoms with Crippen molar-refractivity contribution in [1.29, 1.82) is 0 Å². The summed E-state index contributed by atoms with van der Waals surface area (Å²) in [5, 5.41) is 18.6. The molecule has 0 radical (unpaired) electrons. The van der Waals surface area contributed by atoms with Crippen LogP contribution in [0.15, 0.2) is 0 Å². The van der Waals surface area contributed by atoms with Crippen molar-refractivity contribution in [2.24, 2.45) is 5.41 Å². The molecule has 0 fully saturated rings. The molecule has 0 saturated carbocycles. The van der Waals surface area contributed by atoms with Crippen molar-refractivity contribution in [3.8, 4) is 0 Å². The molecule has 0 spiro atoms. The Balaban J connectivity index is 2.76. The Labute approximate surface area is 114 Å². The molecule has 0 aromatic carbocycles. The normalized spacial score (nSPS) is 13.6. The van der Waals surface area contributed by atoms with Gasteiger partial charge in [-0.1, -0.05) is 34.6 Å². The van der Waals surface area contributed by atoms with Gasteiger partial charge in [0.15, 0.2) is 0 Å². The van der Waals surface area contributed by atoms with Crippen LogP contribution in [-0.2, 0) is 0 Å². The molecule has 19 heavy (non-hydrogen) atoms. The second-order valence-electron chi connectivity index (χ2n) is 6.10. The Bertz CT molecular complexity index is 421. The number of carbonyl (C=O) groups is 1. The molecule has 108 valence electrons. The molecule has 0 bridgehead atoms. The lowest BCUT2D eigenvalue weighted by atomic mass is 9.85. The van der Waals surface area contributed by atoms with E-state index in [0.29, 0.717) is 12.2 Å². The minimum absolute atomic E-state index is 0.0352. The highest BCUT2D eigenvalue weighted by Crippen LogP contribution is 2.21. The second-order valence-corrected chi connectivity index (χ2v) is 6.10. The fourth-order valence-corrected chi connectivity index (χ4v) is 1.71. The average Bonchev–Trinajstić information content (AvgIpc) is 2.76. The molecule has 0 saturated heterocycles. The van der Waals surface area contributed by atoms with E-state index in [4.69, 9.17) is 5.11 Å². The number of aliphatic hydroxyl groups is 1. The van der Waals surface area contributed by atoms with E-state index in [0.717, 1.165) is 0 Å². The maximum Gasteiger partial charge on any atom is 0.291 e. The first-order chi connectivity index (χ1) is 8.75. The number of aromatic amines is 1. The number of aromatic nitrogens is 3. The number of aliphatic hydroxyl groups excluding tert-OH is 1. The predicted molar refractivity (Wildman–Crippen MR) is 72.9 cm³/mol.